The van der Waals surface area contributed by atoms with Crippen molar-refractivity contribution in [1.29, 1.82) is 0 Å². The van der Waals surface area contributed by atoms with Gasteiger partial charge in [0, 0.05) is 67.3 Å². The van der Waals surface area contributed by atoms with E-state index in [4.69, 9.17) is 37.4 Å². The van der Waals surface area contributed by atoms with Gasteiger partial charge in [0.25, 0.3) is 0 Å². The van der Waals surface area contributed by atoms with Crippen LogP contribution in [0, 0.1) is 0 Å². The summed E-state index contributed by atoms with van der Waals surface area (Å²) in [5, 5.41) is 4.29. The van der Waals surface area contributed by atoms with Crippen molar-refractivity contribution < 1.29 is 14.2 Å². The molecule has 8 nitrogen and oxygen atoms in total. The molecule has 1 N–H and O–H groups in total. The van der Waals surface area contributed by atoms with Gasteiger partial charge in [0.05, 0.1) is 32.4 Å². The number of halogens is 2. The van der Waals surface area contributed by atoms with Crippen LogP contribution in [-0.4, -0.2) is 86.3 Å². The van der Waals surface area contributed by atoms with Gasteiger partial charge in [0.2, 0.25) is 0 Å². The second kappa shape index (κ2) is 13.7. The second-order valence-electron chi connectivity index (χ2n) is 8.44. The summed E-state index contributed by atoms with van der Waals surface area (Å²) in [6.45, 7) is 6.57. The average Bonchev–Trinajstić information content (AvgIpc) is 2.91. The third-order valence-electron chi connectivity index (χ3n) is 6.08. The number of fused-ring (bicyclic) bond motifs is 1. The van der Waals surface area contributed by atoms with Crippen molar-refractivity contribution in [3.8, 4) is 11.5 Å². The molecule has 36 heavy (non-hydrogen) atoms. The first-order valence-electron chi connectivity index (χ1n) is 12.2. The molecule has 0 unspecified atom stereocenters. The molecule has 1 aliphatic heterocycles. The molecule has 1 aliphatic rings. The molecule has 0 amide bonds. The van der Waals surface area contributed by atoms with Gasteiger partial charge < -0.3 is 24.4 Å². The molecule has 0 radical (unpaired) electrons. The van der Waals surface area contributed by atoms with E-state index < -0.39 is 0 Å². The zero-order chi connectivity index (χ0) is 25.2. The number of alkyl halides is 2. The fraction of sp³-hybridized carbons (Fsp3) is 0.462. The van der Waals surface area contributed by atoms with Crippen molar-refractivity contribution in [1.82, 2.24) is 14.9 Å². The van der Waals surface area contributed by atoms with Crippen LogP contribution in [0.2, 0.25) is 0 Å². The molecular weight excluding hydrogens is 501 g/mol. The maximum Gasteiger partial charge on any atom is 0.162 e. The van der Waals surface area contributed by atoms with Crippen LogP contribution >= 0.6 is 23.2 Å². The van der Waals surface area contributed by atoms with Crippen LogP contribution in [0.15, 0.2) is 42.7 Å². The first-order valence-corrected chi connectivity index (χ1v) is 13.3. The molecule has 194 valence electrons. The molecule has 0 bridgehead atoms. The Kier molecular flexibility index (Phi) is 10.1. The molecule has 0 atom stereocenters. The van der Waals surface area contributed by atoms with Gasteiger partial charge in [-0.15, -0.1) is 23.2 Å². The molecule has 2 aromatic carbocycles. The molecule has 1 fully saturated rings. The zero-order valence-electron chi connectivity index (χ0n) is 20.6. The maximum atomic E-state index is 6.14. The van der Waals surface area contributed by atoms with Crippen molar-refractivity contribution in [3.63, 3.8) is 0 Å². The van der Waals surface area contributed by atoms with Crippen LogP contribution in [0.5, 0.6) is 11.5 Å². The summed E-state index contributed by atoms with van der Waals surface area (Å²) >= 11 is 12.0. The van der Waals surface area contributed by atoms with Crippen LogP contribution in [0.4, 0.5) is 17.2 Å². The monoisotopic (exact) mass is 533 g/mol. The summed E-state index contributed by atoms with van der Waals surface area (Å²) in [5.41, 5.74) is 2.73. The Morgan fingerprint density at radius 1 is 1.06 bits per heavy atom. The number of morpholine rings is 1. The van der Waals surface area contributed by atoms with E-state index in [9.17, 15) is 0 Å². The van der Waals surface area contributed by atoms with Crippen LogP contribution < -0.4 is 19.7 Å². The number of rotatable bonds is 13. The summed E-state index contributed by atoms with van der Waals surface area (Å²) in [4.78, 5) is 13.5. The Morgan fingerprint density at radius 3 is 2.61 bits per heavy atom. The number of hydrogen-bond donors (Lipinski definition) is 1. The van der Waals surface area contributed by atoms with Gasteiger partial charge in [-0.25, -0.2) is 9.97 Å². The Hall–Kier alpha value is -2.52. The Bertz CT molecular complexity index is 1110. The smallest absolute Gasteiger partial charge is 0.162 e. The number of nitrogens with zero attached hydrogens (tertiary/aromatic N) is 4. The Morgan fingerprint density at radius 2 is 1.86 bits per heavy atom. The van der Waals surface area contributed by atoms with E-state index in [2.05, 4.69) is 37.2 Å². The first-order chi connectivity index (χ1) is 17.7. The van der Waals surface area contributed by atoms with Gasteiger partial charge >= 0.3 is 0 Å². The van der Waals surface area contributed by atoms with Crippen LogP contribution in [-0.2, 0) is 4.74 Å². The quantitative estimate of drug-likeness (QED) is 0.249. The van der Waals surface area contributed by atoms with E-state index in [-0.39, 0.29) is 0 Å². The predicted molar refractivity (Wildman–Crippen MR) is 147 cm³/mol. The van der Waals surface area contributed by atoms with Crippen LogP contribution in [0.3, 0.4) is 0 Å². The minimum atomic E-state index is 0.530. The maximum absolute atomic E-state index is 6.14. The third kappa shape index (κ3) is 7.03. The summed E-state index contributed by atoms with van der Waals surface area (Å²) in [5.74, 6) is 3.08. The minimum absolute atomic E-state index is 0.530. The molecule has 3 aromatic rings. The van der Waals surface area contributed by atoms with Gasteiger partial charge in [-0.2, -0.15) is 0 Å². The molecule has 0 aliphatic carbocycles. The molecule has 2 heterocycles. The number of nitrogens with one attached hydrogen (secondary N) is 1. The van der Waals surface area contributed by atoms with Crippen molar-refractivity contribution in [2.75, 3.05) is 81.6 Å². The average molecular weight is 534 g/mol. The van der Waals surface area contributed by atoms with Crippen molar-refractivity contribution in [2.45, 2.75) is 6.42 Å². The second-order valence-corrected chi connectivity index (χ2v) is 9.19. The molecule has 1 aromatic heterocycles. The van der Waals surface area contributed by atoms with E-state index in [1.54, 1.807) is 13.4 Å². The number of methoxy groups -OCH3 is 1. The van der Waals surface area contributed by atoms with Gasteiger partial charge in [-0.1, -0.05) is 6.07 Å². The van der Waals surface area contributed by atoms with Gasteiger partial charge in [0.15, 0.2) is 11.5 Å². The lowest BCUT2D eigenvalue weighted by molar-refractivity contribution is 0.0357. The number of benzene rings is 2. The summed E-state index contributed by atoms with van der Waals surface area (Å²) in [6.07, 6.45) is 2.47. The lowest BCUT2D eigenvalue weighted by Gasteiger charge is -2.26. The molecule has 0 spiro atoms. The fourth-order valence-corrected chi connectivity index (χ4v) is 4.63. The molecule has 4 rings (SSSR count). The summed E-state index contributed by atoms with van der Waals surface area (Å²) in [7, 11) is 1.64. The van der Waals surface area contributed by atoms with Crippen molar-refractivity contribution in [2.24, 2.45) is 0 Å². The Labute approximate surface area is 222 Å². The number of ether oxygens (including phenoxy) is 3. The highest BCUT2D eigenvalue weighted by Gasteiger charge is 2.14. The SMILES string of the molecule is COc1cc2ncnc(Nc3cccc(N(CCCl)CCCl)c3)c2cc1OCCCN1CCOCC1. The highest BCUT2D eigenvalue weighted by molar-refractivity contribution is 6.18. The fourth-order valence-electron chi connectivity index (χ4n) is 4.22. The summed E-state index contributed by atoms with van der Waals surface area (Å²) < 4.78 is 17.1. The largest absolute Gasteiger partial charge is 0.493 e. The van der Waals surface area contributed by atoms with Gasteiger partial charge in [-0.05, 0) is 30.7 Å². The van der Waals surface area contributed by atoms with E-state index in [0.29, 0.717) is 35.7 Å². The zero-order valence-corrected chi connectivity index (χ0v) is 22.1. The van der Waals surface area contributed by atoms with E-state index in [1.165, 1.54) is 0 Å². The van der Waals surface area contributed by atoms with Crippen molar-refractivity contribution in [3.05, 3.63) is 42.7 Å². The van der Waals surface area contributed by atoms with E-state index in [0.717, 1.165) is 74.6 Å². The minimum Gasteiger partial charge on any atom is -0.493 e. The lowest BCUT2D eigenvalue weighted by Crippen LogP contribution is -2.37. The van der Waals surface area contributed by atoms with E-state index >= 15 is 0 Å². The topological polar surface area (TPSA) is 72.0 Å². The highest BCUT2D eigenvalue weighted by Crippen LogP contribution is 2.35. The van der Waals surface area contributed by atoms with Crippen LogP contribution in [0.1, 0.15) is 6.42 Å². The molecule has 0 saturated carbocycles. The standard InChI is InChI=1S/C26H33Cl2N5O3/c1-34-24-18-23-22(17-25(24)36-13-3-8-32-11-14-35-15-12-32)26(30-19-29-23)31-20-4-2-5-21(16-20)33(9-6-27)10-7-28/h2,4-5,16-19H,3,6-15H2,1H3,(H,29,30,31). The number of hydrogen-bond acceptors (Lipinski definition) is 8. The normalized spacial score (nSPS) is 14.1. The van der Waals surface area contributed by atoms with E-state index in [1.807, 2.05) is 24.3 Å². The predicted octanol–water partition coefficient (Wildman–Crippen LogP) is 4.77. The first kappa shape index (κ1) is 26.5. The molecule has 1 saturated heterocycles. The molecule has 10 heteroatoms. The van der Waals surface area contributed by atoms with Gasteiger partial charge in [0.1, 0.15) is 12.1 Å². The highest BCUT2D eigenvalue weighted by atomic mass is 35.5. The van der Waals surface area contributed by atoms with Crippen LogP contribution in [0.25, 0.3) is 10.9 Å². The van der Waals surface area contributed by atoms with Crippen molar-refractivity contribution >= 4 is 51.3 Å². The summed E-state index contributed by atoms with van der Waals surface area (Å²) in [6, 6.07) is 12.0. The lowest BCUT2D eigenvalue weighted by atomic mass is 10.2. The number of aromatic nitrogens is 2. The number of anilines is 3. The molecular formula is C26H33Cl2N5O3. The third-order valence-corrected chi connectivity index (χ3v) is 6.42. The Balaban J connectivity index is 1.50. The van der Waals surface area contributed by atoms with Gasteiger partial charge in [-0.3, -0.25) is 4.90 Å².